The number of hydrogen-bond donors (Lipinski definition) is 1. The van der Waals surface area contributed by atoms with E-state index in [0.717, 1.165) is 5.69 Å². The molecule has 0 radical (unpaired) electrons. The Labute approximate surface area is 85.5 Å². The first-order valence-corrected chi connectivity index (χ1v) is 4.71. The molecule has 0 spiro atoms. The van der Waals surface area contributed by atoms with E-state index >= 15 is 0 Å². The van der Waals surface area contributed by atoms with Crippen molar-refractivity contribution in [2.45, 2.75) is 20.8 Å². The van der Waals surface area contributed by atoms with Gasteiger partial charge in [0.15, 0.2) is 0 Å². The zero-order chi connectivity index (χ0) is 11.1. The highest BCUT2D eigenvalue weighted by Gasteiger charge is 2.06. The van der Waals surface area contributed by atoms with Crippen LogP contribution in [0.25, 0.3) is 0 Å². The minimum Gasteiger partial charge on any atom is -0.397 e. The highest BCUT2D eigenvalue weighted by Crippen LogP contribution is 2.20. The van der Waals surface area contributed by atoms with Crippen LogP contribution in [0, 0.1) is 0 Å². The average Bonchev–Trinajstić information content (AvgIpc) is 2.20. The second-order valence-electron chi connectivity index (χ2n) is 2.64. The largest absolute Gasteiger partial charge is 0.397 e. The van der Waals surface area contributed by atoms with Gasteiger partial charge in [-0.15, -0.1) is 0 Å². The molecule has 0 saturated carbocycles. The van der Waals surface area contributed by atoms with E-state index in [1.54, 1.807) is 13.1 Å². The van der Waals surface area contributed by atoms with Crippen LogP contribution in [0.15, 0.2) is 24.3 Å². The predicted octanol–water partition coefficient (Wildman–Crippen LogP) is 2.28. The summed E-state index contributed by atoms with van der Waals surface area (Å²) in [5.41, 5.74) is 7.04. The molecular weight excluding hydrogens is 176 g/mol. The number of nitrogens with zero attached hydrogens (tertiary/aromatic N) is 1. The van der Waals surface area contributed by atoms with Crippen LogP contribution in [0.2, 0.25) is 0 Å². The number of carbonyl (C=O) groups excluding carboxylic acids is 1. The van der Waals surface area contributed by atoms with Crippen molar-refractivity contribution in [1.82, 2.24) is 0 Å². The van der Waals surface area contributed by atoms with Crippen LogP contribution in [-0.4, -0.2) is 13.0 Å². The second-order valence-corrected chi connectivity index (χ2v) is 2.64. The van der Waals surface area contributed by atoms with Gasteiger partial charge in [0.1, 0.15) is 0 Å². The van der Waals surface area contributed by atoms with Crippen molar-refractivity contribution in [3.05, 3.63) is 24.3 Å². The summed E-state index contributed by atoms with van der Waals surface area (Å²) in [6.45, 7) is 5.51. The lowest BCUT2D eigenvalue weighted by Crippen LogP contribution is -2.23. The topological polar surface area (TPSA) is 46.3 Å². The number of benzene rings is 1. The molecule has 0 aliphatic carbocycles. The number of carbonyl (C=O) groups is 1. The van der Waals surface area contributed by atoms with Gasteiger partial charge in [-0.3, -0.25) is 4.79 Å². The van der Waals surface area contributed by atoms with E-state index in [2.05, 4.69) is 0 Å². The molecular formula is C11H18N2O. The van der Waals surface area contributed by atoms with Crippen molar-refractivity contribution in [2.24, 2.45) is 0 Å². The van der Waals surface area contributed by atoms with E-state index in [1.165, 1.54) is 11.8 Å². The van der Waals surface area contributed by atoms with Gasteiger partial charge in [-0.1, -0.05) is 26.0 Å². The van der Waals surface area contributed by atoms with Crippen LogP contribution >= 0.6 is 0 Å². The molecule has 0 heterocycles. The summed E-state index contributed by atoms with van der Waals surface area (Å²) in [5, 5.41) is 0. The van der Waals surface area contributed by atoms with Gasteiger partial charge >= 0.3 is 0 Å². The van der Waals surface area contributed by atoms with Gasteiger partial charge in [0.25, 0.3) is 0 Å². The molecule has 3 nitrogen and oxygen atoms in total. The van der Waals surface area contributed by atoms with Crippen molar-refractivity contribution in [2.75, 3.05) is 17.7 Å². The third-order valence-corrected chi connectivity index (χ3v) is 1.77. The van der Waals surface area contributed by atoms with Crippen molar-refractivity contribution in [1.29, 1.82) is 0 Å². The summed E-state index contributed by atoms with van der Waals surface area (Å²) in [7, 11) is 1.70. The van der Waals surface area contributed by atoms with Gasteiger partial charge in [0.2, 0.25) is 5.91 Å². The Morgan fingerprint density at radius 3 is 2.21 bits per heavy atom. The fraction of sp³-hybridized carbons (Fsp3) is 0.364. The summed E-state index contributed by atoms with van der Waals surface area (Å²) >= 11 is 0. The van der Waals surface area contributed by atoms with Crippen molar-refractivity contribution < 1.29 is 4.79 Å². The Balaban J connectivity index is 0.000000791. The summed E-state index contributed by atoms with van der Waals surface area (Å²) in [4.78, 5) is 12.5. The Bertz CT molecular complexity index is 297. The van der Waals surface area contributed by atoms with Crippen LogP contribution in [0.3, 0.4) is 0 Å². The van der Waals surface area contributed by atoms with Crippen LogP contribution in [-0.2, 0) is 4.79 Å². The normalized spacial score (nSPS) is 8.57. The van der Waals surface area contributed by atoms with Gasteiger partial charge in [-0.25, -0.2) is 0 Å². The first-order chi connectivity index (χ1) is 6.63. The standard InChI is InChI=1S/C9H12N2O.C2H6/c1-7(12)11(2)9-6-4-3-5-8(9)10;1-2/h3-6H,10H2,1-2H3;1-2H3. The Morgan fingerprint density at radius 1 is 1.29 bits per heavy atom. The Morgan fingerprint density at radius 2 is 1.79 bits per heavy atom. The number of amides is 1. The number of anilines is 2. The maximum Gasteiger partial charge on any atom is 0.223 e. The minimum absolute atomic E-state index is 0.0205. The second kappa shape index (κ2) is 6.02. The molecule has 78 valence electrons. The summed E-state index contributed by atoms with van der Waals surface area (Å²) in [5.74, 6) is -0.0205. The maximum absolute atomic E-state index is 11.0. The zero-order valence-corrected chi connectivity index (χ0v) is 9.24. The molecule has 0 unspecified atom stereocenters. The van der Waals surface area contributed by atoms with Gasteiger partial charge in [0, 0.05) is 14.0 Å². The Kier molecular flexibility index (Phi) is 5.37. The number of hydrogen-bond acceptors (Lipinski definition) is 2. The minimum atomic E-state index is -0.0205. The van der Waals surface area contributed by atoms with Gasteiger partial charge in [-0.2, -0.15) is 0 Å². The monoisotopic (exact) mass is 194 g/mol. The van der Waals surface area contributed by atoms with E-state index in [9.17, 15) is 4.79 Å². The SMILES string of the molecule is CC.CC(=O)N(C)c1ccccc1N. The molecule has 1 rings (SSSR count). The zero-order valence-electron chi connectivity index (χ0n) is 9.24. The van der Waals surface area contributed by atoms with Crippen LogP contribution in [0.5, 0.6) is 0 Å². The smallest absolute Gasteiger partial charge is 0.223 e. The predicted molar refractivity (Wildman–Crippen MR) is 61.3 cm³/mol. The molecule has 1 aromatic rings. The maximum atomic E-state index is 11.0. The molecule has 0 aliphatic heterocycles. The number of para-hydroxylation sites is 2. The number of nitrogen functional groups attached to an aromatic ring is 1. The molecule has 0 saturated heterocycles. The third kappa shape index (κ3) is 3.09. The van der Waals surface area contributed by atoms with Crippen molar-refractivity contribution >= 4 is 17.3 Å². The average molecular weight is 194 g/mol. The highest BCUT2D eigenvalue weighted by molar-refractivity contribution is 5.94. The van der Waals surface area contributed by atoms with E-state index in [0.29, 0.717) is 5.69 Å². The van der Waals surface area contributed by atoms with Crippen LogP contribution < -0.4 is 10.6 Å². The molecule has 0 bridgehead atoms. The van der Waals surface area contributed by atoms with Gasteiger partial charge < -0.3 is 10.6 Å². The summed E-state index contributed by atoms with van der Waals surface area (Å²) in [6, 6.07) is 7.28. The van der Waals surface area contributed by atoms with Crippen LogP contribution in [0.4, 0.5) is 11.4 Å². The molecule has 0 aliphatic rings. The van der Waals surface area contributed by atoms with Crippen molar-refractivity contribution in [3.8, 4) is 0 Å². The van der Waals surface area contributed by atoms with E-state index in [1.807, 2.05) is 32.0 Å². The molecule has 0 aromatic heterocycles. The summed E-state index contributed by atoms with van der Waals surface area (Å²) < 4.78 is 0. The molecule has 3 heteroatoms. The molecule has 2 N–H and O–H groups in total. The molecule has 1 amide bonds. The fourth-order valence-corrected chi connectivity index (χ4v) is 0.963. The first-order valence-electron chi connectivity index (χ1n) is 4.71. The summed E-state index contributed by atoms with van der Waals surface area (Å²) in [6.07, 6.45) is 0. The van der Waals surface area contributed by atoms with E-state index in [-0.39, 0.29) is 5.91 Å². The third-order valence-electron chi connectivity index (χ3n) is 1.77. The number of nitrogens with two attached hydrogens (primary N) is 1. The quantitative estimate of drug-likeness (QED) is 0.697. The molecule has 1 aromatic carbocycles. The molecule has 0 atom stereocenters. The molecule has 0 fully saturated rings. The Hall–Kier alpha value is -1.51. The number of rotatable bonds is 1. The van der Waals surface area contributed by atoms with Gasteiger partial charge in [0.05, 0.1) is 11.4 Å². The lowest BCUT2D eigenvalue weighted by molar-refractivity contribution is -0.116. The first kappa shape index (κ1) is 12.5. The highest BCUT2D eigenvalue weighted by atomic mass is 16.2. The lowest BCUT2D eigenvalue weighted by atomic mass is 10.2. The fourth-order valence-electron chi connectivity index (χ4n) is 0.963. The van der Waals surface area contributed by atoms with Crippen LogP contribution in [0.1, 0.15) is 20.8 Å². The molecule has 14 heavy (non-hydrogen) atoms. The van der Waals surface area contributed by atoms with Crippen molar-refractivity contribution in [3.63, 3.8) is 0 Å². The lowest BCUT2D eigenvalue weighted by Gasteiger charge is -2.16. The van der Waals surface area contributed by atoms with Gasteiger partial charge in [-0.05, 0) is 12.1 Å². The van der Waals surface area contributed by atoms with E-state index in [4.69, 9.17) is 5.73 Å². The van der Waals surface area contributed by atoms with E-state index < -0.39 is 0 Å².